The van der Waals surface area contributed by atoms with Gasteiger partial charge >= 0.3 is 5.97 Å². The van der Waals surface area contributed by atoms with Crippen molar-refractivity contribution >= 4 is 23.3 Å². The Morgan fingerprint density at radius 1 is 1.12 bits per heavy atom. The number of hydrogen-bond donors (Lipinski definition) is 1. The Bertz CT molecular complexity index is 1180. The minimum atomic E-state index is -0.502. The van der Waals surface area contributed by atoms with E-state index in [4.69, 9.17) is 4.74 Å². The number of anilines is 1. The molecule has 2 aromatic carbocycles. The van der Waals surface area contributed by atoms with Crippen LogP contribution >= 0.6 is 0 Å². The van der Waals surface area contributed by atoms with Gasteiger partial charge in [-0.2, -0.15) is 5.10 Å². The van der Waals surface area contributed by atoms with E-state index in [1.54, 1.807) is 41.9 Å². The van der Waals surface area contributed by atoms with Crippen LogP contribution in [-0.4, -0.2) is 33.7 Å². The van der Waals surface area contributed by atoms with Crippen molar-refractivity contribution in [3.8, 4) is 5.69 Å². The number of nitrogens with zero attached hydrogens (tertiary/aromatic N) is 3. The van der Waals surface area contributed by atoms with Crippen molar-refractivity contribution in [2.45, 2.75) is 33.6 Å². The van der Waals surface area contributed by atoms with Crippen LogP contribution in [0.4, 0.5) is 11.4 Å². The zero-order valence-electron chi connectivity index (χ0n) is 18.3. The molecule has 0 aliphatic carbocycles. The Kier molecular flexibility index (Phi) is 6.67. The van der Waals surface area contributed by atoms with Crippen molar-refractivity contribution in [1.82, 2.24) is 9.78 Å². The molecular formula is C23H24N4O5. The highest BCUT2D eigenvalue weighted by Crippen LogP contribution is 2.23. The van der Waals surface area contributed by atoms with Crippen LogP contribution in [0.2, 0.25) is 0 Å². The Labute approximate surface area is 185 Å². The van der Waals surface area contributed by atoms with Crippen LogP contribution in [0.15, 0.2) is 42.5 Å². The van der Waals surface area contributed by atoms with Crippen molar-refractivity contribution < 1.29 is 19.2 Å². The van der Waals surface area contributed by atoms with Gasteiger partial charge in [0, 0.05) is 29.8 Å². The summed E-state index contributed by atoms with van der Waals surface area (Å²) in [5.74, 6) is -0.641. The van der Waals surface area contributed by atoms with Gasteiger partial charge in [0.25, 0.3) is 11.6 Å². The first-order valence-corrected chi connectivity index (χ1v) is 10.00. The van der Waals surface area contributed by atoms with Crippen LogP contribution in [0.5, 0.6) is 0 Å². The zero-order chi connectivity index (χ0) is 23.4. The molecule has 3 rings (SSSR count). The molecule has 1 heterocycles. The zero-order valence-corrected chi connectivity index (χ0v) is 18.3. The van der Waals surface area contributed by atoms with Crippen LogP contribution in [0, 0.1) is 30.9 Å². The Morgan fingerprint density at radius 3 is 2.44 bits per heavy atom. The average molecular weight is 436 g/mol. The molecule has 0 spiro atoms. The lowest BCUT2D eigenvalue weighted by molar-refractivity contribution is -0.384. The summed E-state index contributed by atoms with van der Waals surface area (Å²) in [6.07, 6.45) is 0.813. The van der Waals surface area contributed by atoms with E-state index in [0.29, 0.717) is 17.7 Å². The number of carbonyl (C=O) groups is 2. The molecule has 0 bridgehead atoms. The molecule has 9 nitrogen and oxygen atoms in total. The van der Waals surface area contributed by atoms with Gasteiger partial charge in [-0.25, -0.2) is 4.68 Å². The van der Waals surface area contributed by atoms with Crippen molar-refractivity contribution in [3.63, 3.8) is 0 Å². The summed E-state index contributed by atoms with van der Waals surface area (Å²) in [5, 5.41) is 18.3. The monoisotopic (exact) mass is 436 g/mol. The van der Waals surface area contributed by atoms with Crippen LogP contribution in [0.25, 0.3) is 5.69 Å². The SMILES string of the molecule is COC(=O)CCc1c(C)nn(-c2ccc(C(=O)Nc3cc([N+](=O)[O-])ccc3C)cc2)c1C. The highest BCUT2D eigenvalue weighted by molar-refractivity contribution is 6.04. The molecule has 0 saturated carbocycles. The quantitative estimate of drug-likeness (QED) is 0.339. The summed E-state index contributed by atoms with van der Waals surface area (Å²) in [5.41, 5.74) is 4.94. The van der Waals surface area contributed by atoms with Crippen molar-refractivity contribution in [3.05, 3.63) is 80.7 Å². The number of nitro benzene ring substituents is 1. The van der Waals surface area contributed by atoms with Crippen LogP contribution in [-0.2, 0) is 16.0 Å². The second-order valence-electron chi connectivity index (χ2n) is 7.39. The Balaban J connectivity index is 1.78. The summed E-state index contributed by atoms with van der Waals surface area (Å²) >= 11 is 0. The number of ether oxygens (including phenoxy) is 1. The van der Waals surface area contributed by atoms with E-state index < -0.39 is 4.92 Å². The molecule has 0 radical (unpaired) electrons. The standard InChI is InChI=1S/C23H24N4O5/c1-14-5-8-19(27(30)31)13-21(14)24-23(29)17-6-9-18(10-7-17)26-16(3)20(15(2)25-26)11-12-22(28)32-4/h5-10,13H,11-12H2,1-4H3,(H,24,29). The number of aryl methyl sites for hydroxylation is 2. The number of amides is 1. The third-order valence-corrected chi connectivity index (χ3v) is 5.30. The minimum absolute atomic E-state index is 0.0891. The fourth-order valence-corrected chi connectivity index (χ4v) is 3.42. The number of carbonyl (C=O) groups excluding carboxylic acids is 2. The molecule has 1 aromatic heterocycles. The number of benzene rings is 2. The van der Waals surface area contributed by atoms with Gasteiger partial charge in [-0.3, -0.25) is 19.7 Å². The topological polar surface area (TPSA) is 116 Å². The number of aromatic nitrogens is 2. The van der Waals surface area contributed by atoms with Gasteiger partial charge in [0.2, 0.25) is 0 Å². The number of methoxy groups -OCH3 is 1. The molecule has 0 unspecified atom stereocenters. The largest absolute Gasteiger partial charge is 0.469 e. The predicted molar refractivity (Wildman–Crippen MR) is 119 cm³/mol. The molecule has 1 N–H and O–H groups in total. The van der Waals surface area contributed by atoms with Crippen LogP contribution in [0.3, 0.4) is 0 Å². The summed E-state index contributed by atoms with van der Waals surface area (Å²) in [4.78, 5) is 34.6. The predicted octanol–water partition coefficient (Wildman–Crippen LogP) is 4.06. The van der Waals surface area contributed by atoms with E-state index in [2.05, 4.69) is 10.4 Å². The summed E-state index contributed by atoms with van der Waals surface area (Å²) in [6.45, 7) is 5.58. The molecule has 9 heteroatoms. The Morgan fingerprint density at radius 2 is 1.81 bits per heavy atom. The van der Waals surface area contributed by atoms with Gasteiger partial charge in [-0.15, -0.1) is 0 Å². The molecular weight excluding hydrogens is 412 g/mol. The van der Waals surface area contributed by atoms with Crippen molar-refractivity contribution in [1.29, 1.82) is 0 Å². The third kappa shape index (κ3) is 4.83. The van der Waals surface area contributed by atoms with E-state index >= 15 is 0 Å². The van der Waals surface area contributed by atoms with Crippen molar-refractivity contribution in [2.24, 2.45) is 0 Å². The Hall–Kier alpha value is -4.01. The molecule has 3 aromatic rings. The normalized spacial score (nSPS) is 10.6. The summed E-state index contributed by atoms with van der Waals surface area (Å²) < 4.78 is 6.48. The van der Waals surface area contributed by atoms with E-state index in [9.17, 15) is 19.7 Å². The first kappa shape index (κ1) is 22.7. The molecule has 32 heavy (non-hydrogen) atoms. The maximum atomic E-state index is 12.7. The number of nitrogens with one attached hydrogen (secondary N) is 1. The highest BCUT2D eigenvalue weighted by Gasteiger charge is 2.16. The molecule has 1 amide bonds. The smallest absolute Gasteiger partial charge is 0.305 e. The molecule has 0 saturated heterocycles. The van der Waals surface area contributed by atoms with E-state index in [1.165, 1.54) is 19.2 Å². The fraction of sp³-hybridized carbons (Fsp3) is 0.261. The third-order valence-electron chi connectivity index (χ3n) is 5.30. The second-order valence-corrected chi connectivity index (χ2v) is 7.39. The highest BCUT2D eigenvalue weighted by atomic mass is 16.6. The molecule has 0 fully saturated rings. The number of non-ortho nitro benzene ring substituents is 1. The van der Waals surface area contributed by atoms with Gasteiger partial charge in [0.15, 0.2) is 0 Å². The number of nitro groups is 1. The van der Waals surface area contributed by atoms with Gasteiger partial charge < -0.3 is 10.1 Å². The molecule has 0 aliphatic rings. The van der Waals surface area contributed by atoms with Gasteiger partial charge in [0.1, 0.15) is 0 Å². The minimum Gasteiger partial charge on any atom is -0.469 e. The average Bonchev–Trinajstić information content (AvgIpc) is 3.06. The van der Waals surface area contributed by atoms with Crippen LogP contribution < -0.4 is 5.32 Å². The van der Waals surface area contributed by atoms with E-state index in [-0.39, 0.29) is 24.0 Å². The maximum Gasteiger partial charge on any atom is 0.305 e. The lowest BCUT2D eigenvalue weighted by Crippen LogP contribution is -2.13. The second kappa shape index (κ2) is 9.42. The lowest BCUT2D eigenvalue weighted by atomic mass is 10.1. The summed E-state index contributed by atoms with van der Waals surface area (Å²) in [7, 11) is 1.36. The summed E-state index contributed by atoms with van der Waals surface area (Å²) in [6, 6.07) is 11.2. The van der Waals surface area contributed by atoms with E-state index in [1.807, 2.05) is 13.8 Å². The molecule has 166 valence electrons. The van der Waals surface area contributed by atoms with Crippen molar-refractivity contribution in [2.75, 3.05) is 12.4 Å². The van der Waals surface area contributed by atoms with Gasteiger partial charge in [-0.1, -0.05) is 6.07 Å². The lowest BCUT2D eigenvalue weighted by Gasteiger charge is -2.10. The number of hydrogen-bond acceptors (Lipinski definition) is 6. The first-order valence-electron chi connectivity index (χ1n) is 10.00. The van der Waals surface area contributed by atoms with E-state index in [0.717, 1.165) is 28.2 Å². The number of rotatable bonds is 7. The maximum absolute atomic E-state index is 12.7. The molecule has 0 atom stereocenters. The number of esters is 1. The van der Waals surface area contributed by atoms with Gasteiger partial charge in [0.05, 0.1) is 29.1 Å². The molecule has 0 aliphatic heterocycles. The first-order chi connectivity index (χ1) is 15.2. The van der Waals surface area contributed by atoms with Crippen LogP contribution in [0.1, 0.15) is 39.3 Å². The fourth-order valence-electron chi connectivity index (χ4n) is 3.42. The van der Waals surface area contributed by atoms with Gasteiger partial charge in [-0.05, 0) is 62.6 Å².